The van der Waals surface area contributed by atoms with Crippen LogP contribution in [0, 0.1) is 23.7 Å². The molecule has 4 bridgehead atoms. The van der Waals surface area contributed by atoms with Crippen LogP contribution in [0.5, 0.6) is 5.88 Å². The molecule has 2 heterocycles. The molecule has 5 aliphatic rings. The van der Waals surface area contributed by atoms with Crippen molar-refractivity contribution < 1.29 is 14.3 Å². The predicted octanol–water partition coefficient (Wildman–Crippen LogP) is 0.908. The SMILES string of the molecule is Bc1ccc(OCC(=O)N2N(C3C4CC5CC(C4)CC3C5)C(=O)C2(C)C)nc1. The second-order valence-corrected chi connectivity index (χ2v) is 9.80. The average molecular weight is 381 g/mol. The smallest absolute Gasteiger partial charge is 0.280 e. The minimum Gasteiger partial charge on any atom is -0.467 e. The Hall–Kier alpha value is -2.05. The van der Waals surface area contributed by atoms with Crippen molar-refractivity contribution in [1.29, 1.82) is 0 Å². The summed E-state index contributed by atoms with van der Waals surface area (Å²) in [6.07, 6.45) is 7.96. The maximum absolute atomic E-state index is 13.1. The minimum absolute atomic E-state index is 0.0757. The molecule has 0 radical (unpaired) electrons. The summed E-state index contributed by atoms with van der Waals surface area (Å²) in [6, 6.07) is 3.87. The number of hydrogen-bond donors (Lipinski definition) is 0. The Morgan fingerprint density at radius 1 is 1.18 bits per heavy atom. The van der Waals surface area contributed by atoms with Crippen molar-refractivity contribution in [3.05, 3.63) is 18.3 Å². The molecule has 0 aromatic carbocycles. The molecule has 1 aromatic rings. The minimum atomic E-state index is -0.796. The molecule has 6 nitrogen and oxygen atoms in total. The van der Waals surface area contributed by atoms with E-state index < -0.39 is 5.54 Å². The lowest BCUT2D eigenvalue weighted by Gasteiger charge is -2.64. The first-order valence-electron chi connectivity index (χ1n) is 10.6. The Morgan fingerprint density at radius 2 is 1.82 bits per heavy atom. The van der Waals surface area contributed by atoms with Crippen molar-refractivity contribution in [3.63, 3.8) is 0 Å². The monoisotopic (exact) mass is 381 g/mol. The molecule has 0 spiro atoms. The highest BCUT2D eigenvalue weighted by molar-refractivity contribution is 6.32. The summed E-state index contributed by atoms with van der Waals surface area (Å²) in [5, 5.41) is 3.48. The zero-order chi connectivity index (χ0) is 19.6. The number of rotatable bonds is 4. The van der Waals surface area contributed by atoms with Crippen LogP contribution < -0.4 is 10.2 Å². The van der Waals surface area contributed by atoms with E-state index in [9.17, 15) is 9.59 Å². The van der Waals surface area contributed by atoms with Gasteiger partial charge in [-0.3, -0.25) is 9.59 Å². The van der Waals surface area contributed by atoms with Crippen molar-refractivity contribution >= 4 is 25.1 Å². The largest absolute Gasteiger partial charge is 0.467 e. The summed E-state index contributed by atoms with van der Waals surface area (Å²) in [6.45, 7) is 3.57. The normalized spacial score (nSPS) is 35.1. The van der Waals surface area contributed by atoms with Gasteiger partial charge in [0, 0.05) is 6.20 Å². The van der Waals surface area contributed by atoms with Crippen molar-refractivity contribution in [1.82, 2.24) is 15.0 Å². The molecular formula is C21H28BN3O3. The highest BCUT2D eigenvalue weighted by Crippen LogP contribution is 2.56. The first-order chi connectivity index (χ1) is 13.3. The Bertz CT molecular complexity index is 782. The molecule has 2 amide bonds. The van der Waals surface area contributed by atoms with E-state index >= 15 is 0 Å². The van der Waals surface area contributed by atoms with Crippen LogP contribution in [0.3, 0.4) is 0 Å². The van der Waals surface area contributed by atoms with Crippen LogP contribution in [0.15, 0.2) is 18.3 Å². The third kappa shape index (κ3) is 2.65. The lowest BCUT2D eigenvalue weighted by molar-refractivity contribution is -0.244. The van der Waals surface area contributed by atoms with E-state index in [0.717, 1.165) is 17.3 Å². The van der Waals surface area contributed by atoms with E-state index in [2.05, 4.69) is 4.98 Å². The number of hydrazine groups is 1. The lowest BCUT2D eigenvalue weighted by Crippen LogP contribution is -2.81. The average Bonchev–Trinajstić information content (AvgIpc) is 2.65. The fourth-order valence-electron chi connectivity index (χ4n) is 6.42. The molecule has 1 saturated heterocycles. The van der Waals surface area contributed by atoms with Crippen LogP contribution in [0.25, 0.3) is 0 Å². The molecule has 4 saturated carbocycles. The van der Waals surface area contributed by atoms with Crippen LogP contribution in [0.2, 0.25) is 0 Å². The third-order valence-electron chi connectivity index (χ3n) is 7.40. The quantitative estimate of drug-likeness (QED) is 0.728. The molecule has 0 atom stereocenters. The number of aromatic nitrogens is 1. The third-order valence-corrected chi connectivity index (χ3v) is 7.40. The number of hydrogen-bond acceptors (Lipinski definition) is 4. The summed E-state index contributed by atoms with van der Waals surface area (Å²) in [4.78, 5) is 30.3. The van der Waals surface area contributed by atoms with E-state index in [0.29, 0.717) is 17.7 Å². The van der Waals surface area contributed by atoms with Gasteiger partial charge in [-0.15, -0.1) is 0 Å². The molecule has 4 aliphatic carbocycles. The van der Waals surface area contributed by atoms with E-state index in [4.69, 9.17) is 4.74 Å². The van der Waals surface area contributed by atoms with Crippen LogP contribution >= 0.6 is 0 Å². The molecule has 28 heavy (non-hydrogen) atoms. The van der Waals surface area contributed by atoms with Crippen molar-refractivity contribution in [2.24, 2.45) is 23.7 Å². The summed E-state index contributed by atoms with van der Waals surface area (Å²) in [5.41, 5.74) is 0.247. The summed E-state index contributed by atoms with van der Waals surface area (Å²) in [5.74, 6) is 3.11. The topological polar surface area (TPSA) is 62.7 Å². The van der Waals surface area contributed by atoms with Crippen LogP contribution in [0.1, 0.15) is 46.0 Å². The number of pyridine rings is 1. The molecule has 148 valence electrons. The molecule has 1 aromatic heterocycles. The predicted molar refractivity (Wildman–Crippen MR) is 107 cm³/mol. The van der Waals surface area contributed by atoms with Crippen molar-refractivity contribution in [2.45, 2.75) is 57.5 Å². The lowest BCUT2D eigenvalue weighted by atomic mass is 9.53. The van der Waals surface area contributed by atoms with Crippen LogP contribution in [-0.4, -0.2) is 52.9 Å². The number of amides is 2. The van der Waals surface area contributed by atoms with E-state index in [1.54, 1.807) is 22.3 Å². The fourth-order valence-corrected chi connectivity index (χ4v) is 6.42. The van der Waals surface area contributed by atoms with Gasteiger partial charge in [0.15, 0.2) is 6.61 Å². The van der Waals surface area contributed by atoms with Gasteiger partial charge in [0.25, 0.3) is 11.8 Å². The van der Waals surface area contributed by atoms with E-state index in [1.807, 2.05) is 27.8 Å². The summed E-state index contributed by atoms with van der Waals surface area (Å²) in [7, 11) is 1.96. The van der Waals surface area contributed by atoms with Gasteiger partial charge >= 0.3 is 0 Å². The number of ether oxygens (including phenoxy) is 1. The van der Waals surface area contributed by atoms with Gasteiger partial charge in [-0.2, -0.15) is 0 Å². The number of carbonyl (C=O) groups is 2. The fraction of sp³-hybridized carbons (Fsp3) is 0.667. The van der Waals surface area contributed by atoms with E-state index in [1.165, 1.54) is 32.1 Å². The molecule has 7 heteroatoms. The van der Waals surface area contributed by atoms with E-state index in [-0.39, 0.29) is 24.5 Å². The first-order valence-corrected chi connectivity index (χ1v) is 10.6. The maximum Gasteiger partial charge on any atom is 0.280 e. The summed E-state index contributed by atoms with van der Waals surface area (Å²) < 4.78 is 5.62. The summed E-state index contributed by atoms with van der Waals surface area (Å²) >= 11 is 0. The Labute approximate surface area is 167 Å². The molecular weight excluding hydrogens is 353 g/mol. The van der Waals surface area contributed by atoms with Gasteiger partial charge < -0.3 is 4.74 Å². The zero-order valence-corrected chi connectivity index (χ0v) is 16.9. The van der Waals surface area contributed by atoms with Gasteiger partial charge in [-0.25, -0.2) is 15.0 Å². The van der Waals surface area contributed by atoms with Gasteiger partial charge in [0.05, 0.1) is 6.04 Å². The van der Waals surface area contributed by atoms with Crippen LogP contribution in [-0.2, 0) is 9.59 Å². The zero-order valence-electron chi connectivity index (χ0n) is 16.9. The second-order valence-electron chi connectivity index (χ2n) is 9.80. The van der Waals surface area contributed by atoms with Gasteiger partial charge in [0.2, 0.25) is 5.88 Å². The number of nitrogens with zero attached hydrogens (tertiary/aromatic N) is 3. The van der Waals surface area contributed by atoms with Crippen molar-refractivity contribution in [2.75, 3.05) is 6.61 Å². The first kappa shape index (κ1) is 18.0. The Balaban J connectivity index is 1.33. The molecule has 5 fully saturated rings. The highest BCUT2D eigenvalue weighted by atomic mass is 16.5. The van der Waals surface area contributed by atoms with Crippen molar-refractivity contribution in [3.8, 4) is 5.88 Å². The molecule has 0 N–H and O–H groups in total. The van der Waals surface area contributed by atoms with Crippen LogP contribution in [0.4, 0.5) is 0 Å². The second kappa shape index (κ2) is 6.23. The highest BCUT2D eigenvalue weighted by Gasteiger charge is 2.62. The molecule has 0 unspecified atom stereocenters. The molecule has 1 aliphatic heterocycles. The van der Waals surface area contributed by atoms with Gasteiger partial charge in [0.1, 0.15) is 13.4 Å². The number of carbonyl (C=O) groups excluding carboxylic acids is 2. The Kier molecular flexibility index (Phi) is 4.01. The van der Waals surface area contributed by atoms with Gasteiger partial charge in [-0.05, 0) is 75.7 Å². The molecule has 6 rings (SSSR count). The standard InChI is InChI=1S/C21H28BN3O3/c1-21(2)20(27)24(19-14-6-12-5-13(8-14)9-15(19)7-12)25(21)18(26)11-28-17-4-3-16(22)10-23-17/h3-4,10,12-15,19H,5-9,11,22H2,1-2H3. The Morgan fingerprint density at radius 3 is 2.39 bits per heavy atom. The maximum atomic E-state index is 13.1. The van der Waals surface area contributed by atoms with Gasteiger partial charge in [-0.1, -0.05) is 11.5 Å².